The Kier molecular flexibility index (Phi) is 5.15. The monoisotopic (exact) mass is 392 g/mol. The van der Waals surface area contributed by atoms with E-state index in [4.69, 9.17) is 11.6 Å². The molecule has 0 unspecified atom stereocenters. The molecule has 0 fully saturated rings. The fourth-order valence-electron chi connectivity index (χ4n) is 3.50. The molecule has 0 aromatic heterocycles. The Morgan fingerprint density at radius 1 is 0.643 bits per heavy atom. The topological polar surface area (TPSA) is 0 Å². The van der Waals surface area contributed by atoms with Crippen molar-refractivity contribution in [1.29, 1.82) is 0 Å². The van der Waals surface area contributed by atoms with Crippen molar-refractivity contribution in [1.82, 2.24) is 0 Å². The molecule has 3 heteroatoms. The maximum absolute atomic E-state index is 13.7. The van der Waals surface area contributed by atoms with Crippen LogP contribution in [0.2, 0.25) is 5.02 Å². The number of hydrogen-bond acceptors (Lipinski definition) is 0. The Bertz CT molecular complexity index is 1120. The van der Waals surface area contributed by atoms with E-state index in [1.165, 1.54) is 28.5 Å². The zero-order valence-electron chi connectivity index (χ0n) is 15.5. The summed E-state index contributed by atoms with van der Waals surface area (Å²) in [6.45, 7) is 2.18. The summed E-state index contributed by atoms with van der Waals surface area (Å²) >= 11 is 5.57. The van der Waals surface area contributed by atoms with Crippen LogP contribution in [0.15, 0.2) is 72.8 Å². The molecule has 4 aromatic carbocycles. The van der Waals surface area contributed by atoms with Gasteiger partial charge in [0.15, 0.2) is 0 Å². The fourth-order valence-corrected chi connectivity index (χ4v) is 3.61. The highest BCUT2D eigenvalue weighted by Gasteiger charge is 2.10. The van der Waals surface area contributed by atoms with Crippen LogP contribution in [0.25, 0.3) is 33.0 Å². The van der Waals surface area contributed by atoms with Crippen molar-refractivity contribution in [3.05, 3.63) is 95.0 Å². The van der Waals surface area contributed by atoms with Crippen LogP contribution in [0, 0.1) is 11.6 Å². The molecule has 0 saturated heterocycles. The van der Waals surface area contributed by atoms with Crippen LogP contribution in [0.1, 0.15) is 18.9 Å². The van der Waals surface area contributed by atoms with Crippen LogP contribution in [0.3, 0.4) is 0 Å². The Balaban J connectivity index is 1.66. The van der Waals surface area contributed by atoms with Crippen molar-refractivity contribution < 1.29 is 8.78 Å². The lowest BCUT2D eigenvalue weighted by Gasteiger charge is -2.08. The maximum atomic E-state index is 13.7. The first-order valence-corrected chi connectivity index (χ1v) is 9.71. The quantitative estimate of drug-likeness (QED) is 0.308. The molecule has 28 heavy (non-hydrogen) atoms. The van der Waals surface area contributed by atoms with Gasteiger partial charge in [-0.05, 0) is 63.2 Å². The summed E-state index contributed by atoms with van der Waals surface area (Å²) in [5.74, 6) is -1.50. The van der Waals surface area contributed by atoms with Gasteiger partial charge in [-0.2, -0.15) is 0 Å². The van der Waals surface area contributed by atoms with E-state index in [1.807, 2.05) is 24.3 Å². The predicted molar refractivity (Wildman–Crippen MR) is 114 cm³/mol. The van der Waals surface area contributed by atoms with Crippen LogP contribution in [0.5, 0.6) is 0 Å². The number of hydrogen-bond donors (Lipinski definition) is 0. The van der Waals surface area contributed by atoms with Crippen molar-refractivity contribution >= 4 is 22.4 Å². The molecule has 4 rings (SSSR count). The summed E-state index contributed by atoms with van der Waals surface area (Å²) in [4.78, 5) is 0. The largest absolute Gasteiger partial charge is 0.205 e. The van der Waals surface area contributed by atoms with Gasteiger partial charge in [-0.1, -0.05) is 79.5 Å². The van der Waals surface area contributed by atoms with Crippen LogP contribution in [-0.4, -0.2) is 0 Å². The van der Waals surface area contributed by atoms with Gasteiger partial charge in [-0.15, -0.1) is 0 Å². The molecule has 0 nitrogen and oxygen atoms in total. The molecule has 0 spiro atoms. The molecule has 0 heterocycles. The molecule has 4 aromatic rings. The molecule has 0 aliphatic carbocycles. The van der Waals surface area contributed by atoms with Gasteiger partial charge in [0.05, 0.1) is 0 Å². The molecule has 0 atom stereocenters. The summed E-state index contributed by atoms with van der Waals surface area (Å²) in [6, 6.07) is 23.2. The minimum absolute atomic E-state index is 0.466. The van der Waals surface area contributed by atoms with Gasteiger partial charge in [0, 0.05) is 0 Å². The van der Waals surface area contributed by atoms with Gasteiger partial charge in [0.25, 0.3) is 0 Å². The molecular weight excluding hydrogens is 374 g/mol. The molecule has 0 aliphatic rings. The van der Waals surface area contributed by atoms with Crippen molar-refractivity contribution in [2.45, 2.75) is 19.8 Å². The molecular formula is C25H19ClF2. The average Bonchev–Trinajstić information content (AvgIpc) is 2.71. The summed E-state index contributed by atoms with van der Waals surface area (Å²) in [6.07, 6.45) is 2.22. The van der Waals surface area contributed by atoms with Gasteiger partial charge < -0.3 is 0 Å². The van der Waals surface area contributed by atoms with E-state index in [0.717, 1.165) is 29.5 Å². The van der Waals surface area contributed by atoms with Crippen molar-refractivity contribution in [3.8, 4) is 22.3 Å². The average molecular weight is 393 g/mol. The Morgan fingerprint density at radius 3 is 1.82 bits per heavy atom. The minimum atomic E-state index is -0.752. The second-order valence-electron chi connectivity index (χ2n) is 6.98. The summed E-state index contributed by atoms with van der Waals surface area (Å²) in [5, 5.41) is 1.96. The van der Waals surface area contributed by atoms with Crippen LogP contribution < -0.4 is 0 Å². The highest BCUT2D eigenvalue weighted by Crippen LogP contribution is 2.30. The Labute approximate surface area is 168 Å². The lowest BCUT2D eigenvalue weighted by Crippen LogP contribution is -1.87. The van der Waals surface area contributed by atoms with Crippen LogP contribution >= 0.6 is 11.6 Å². The highest BCUT2D eigenvalue weighted by atomic mass is 35.5. The Hall–Kier alpha value is -2.71. The van der Waals surface area contributed by atoms with E-state index in [2.05, 4.69) is 43.3 Å². The molecule has 0 saturated carbocycles. The lowest BCUT2D eigenvalue weighted by atomic mass is 9.97. The van der Waals surface area contributed by atoms with Gasteiger partial charge >= 0.3 is 0 Å². The molecule has 0 radical (unpaired) electrons. The summed E-state index contributed by atoms with van der Waals surface area (Å²) in [5.41, 5.74) is 4.72. The third kappa shape index (κ3) is 3.65. The predicted octanol–water partition coefficient (Wildman–Crippen LogP) is 8.06. The van der Waals surface area contributed by atoms with E-state index in [0.29, 0.717) is 5.56 Å². The Morgan fingerprint density at radius 2 is 1.18 bits per heavy atom. The van der Waals surface area contributed by atoms with Crippen LogP contribution in [-0.2, 0) is 6.42 Å². The van der Waals surface area contributed by atoms with Crippen molar-refractivity contribution in [2.24, 2.45) is 0 Å². The first kappa shape index (κ1) is 18.6. The van der Waals surface area contributed by atoms with E-state index in [-0.39, 0.29) is 0 Å². The van der Waals surface area contributed by atoms with Crippen LogP contribution in [0.4, 0.5) is 8.78 Å². The molecule has 0 amide bonds. The summed E-state index contributed by atoms with van der Waals surface area (Å²) in [7, 11) is 0. The second kappa shape index (κ2) is 7.73. The molecule has 0 N–H and O–H groups in total. The maximum Gasteiger partial charge on any atom is 0.145 e. The van der Waals surface area contributed by atoms with E-state index in [9.17, 15) is 8.78 Å². The number of benzene rings is 4. The van der Waals surface area contributed by atoms with Crippen molar-refractivity contribution in [3.63, 3.8) is 0 Å². The zero-order chi connectivity index (χ0) is 19.7. The highest BCUT2D eigenvalue weighted by molar-refractivity contribution is 6.31. The van der Waals surface area contributed by atoms with Crippen molar-refractivity contribution in [2.75, 3.05) is 0 Å². The number of fused-ring (bicyclic) bond motifs is 1. The van der Waals surface area contributed by atoms with Gasteiger partial charge in [0.1, 0.15) is 16.7 Å². The number of halogens is 3. The summed E-state index contributed by atoms with van der Waals surface area (Å²) < 4.78 is 27.4. The fraction of sp³-hybridized carbons (Fsp3) is 0.120. The van der Waals surface area contributed by atoms with E-state index < -0.39 is 16.7 Å². The zero-order valence-corrected chi connectivity index (χ0v) is 16.2. The van der Waals surface area contributed by atoms with Gasteiger partial charge in [-0.3, -0.25) is 0 Å². The SMILES string of the molecule is CCCc1ccc2cc(-c3ccc(-c4cc(F)c(Cl)c(F)c4)cc3)ccc2c1. The smallest absolute Gasteiger partial charge is 0.145 e. The number of aryl methyl sites for hydroxylation is 1. The third-order valence-corrected chi connectivity index (χ3v) is 5.34. The minimum Gasteiger partial charge on any atom is -0.205 e. The standard InChI is InChI=1S/C25H19ClF2/c1-2-3-16-4-5-21-13-20(11-10-19(21)12-16)17-6-8-18(9-7-17)22-14-23(27)25(26)24(28)15-22/h4-15H,2-3H2,1H3. The normalized spacial score (nSPS) is 11.1. The number of rotatable bonds is 4. The first-order chi connectivity index (χ1) is 13.5. The van der Waals surface area contributed by atoms with Gasteiger partial charge in [0.2, 0.25) is 0 Å². The van der Waals surface area contributed by atoms with Gasteiger partial charge in [-0.25, -0.2) is 8.78 Å². The van der Waals surface area contributed by atoms with E-state index >= 15 is 0 Å². The lowest BCUT2D eigenvalue weighted by molar-refractivity contribution is 0.585. The molecule has 0 aliphatic heterocycles. The molecule has 140 valence electrons. The molecule has 0 bridgehead atoms. The van der Waals surface area contributed by atoms with E-state index in [1.54, 1.807) is 0 Å². The third-order valence-electron chi connectivity index (χ3n) is 4.98. The second-order valence-corrected chi connectivity index (χ2v) is 7.36. The first-order valence-electron chi connectivity index (χ1n) is 9.33.